The summed E-state index contributed by atoms with van der Waals surface area (Å²) in [5.74, 6) is 0.641. The highest BCUT2D eigenvalue weighted by Gasteiger charge is 2.36. The van der Waals surface area contributed by atoms with Gasteiger partial charge in [0.15, 0.2) is 5.11 Å². The van der Waals surface area contributed by atoms with E-state index in [-0.39, 0.29) is 5.91 Å². The van der Waals surface area contributed by atoms with Gasteiger partial charge in [0.1, 0.15) is 11.4 Å². The zero-order valence-corrected chi connectivity index (χ0v) is 14.4. The molecule has 0 bridgehead atoms. The van der Waals surface area contributed by atoms with Crippen LogP contribution in [0.3, 0.4) is 0 Å². The Labute approximate surface area is 147 Å². The molecule has 0 N–H and O–H groups in total. The Balaban J connectivity index is 1.92. The van der Waals surface area contributed by atoms with Crippen LogP contribution < -0.4 is 9.64 Å². The molecule has 2 aromatic carbocycles. The van der Waals surface area contributed by atoms with Crippen molar-refractivity contribution in [2.45, 2.75) is 6.92 Å². The second-order valence-corrected chi connectivity index (χ2v) is 5.71. The van der Waals surface area contributed by atoms with E-state index < -0.39 is 0 Å². The first kappa shape index (κ1) is 16.2. The predicted molar refractivity (Wildman–Crippen MR) is 99.9 cm³/mol. The van der Waals surface area contributed by atoms with Gasteiger partial charge in [-0.2, -0.15) is 0 Å². The van der Waals surface area contributed by atoms with Gasteiger partial charge in [-0.15, -0.1) is 0 Å². The van der Waals surface area contributed by atoms with Crippen molar-refractivity contribution in [2.24, 2.45) is 0 Å². The Bertz CT molecular complexity index is 785. The van der Waals surface area contributed by atoms with Gasteiger partial charge in [-0.05, 0) is 55.0 Å². The third-order valence-corrected chi connectivity index (χ3v) is 4.23. The molecule has 0 unspecified atom stereocenters. The van der Waals surface area contributed by atoms with Crippen LogP contribution in [0, 0.1) is 0 Å². The molecular formula is C19H18N2O2S. The van der Waals surface area contributed by atoms with Gasteiger partial charge in [0, 0.05) is 7.05 Å². The molecule has 0 aromatic heterocycles. The molecule has 0 aliphatic carbocycles. The number of rotatable bonds is 4. The molecule has 1 amide bonds. The summed E-state index contributed by atoms with van der Waals surface area (Å²) < 4.78 is 5.44. The van der Waals surface area contributed by atoms with Crippen molar-refractivity contribution >= 4 is 35.0 Å². The Kier molecular flexibility index (Phi) is 4.62. The van der Waals surface area contributed by atoms with Crippen molar-refractivity contribution in [1.29, 1.82) is 0 Å². The van der Waals surface area contributed by atoms with Crippen molar-refractivity contribution in [2.75, 3.05) is 18.6 Å². The van der Waals surface area contributed by atoms with Crippen LogP contribution in [0.1, 0.15) is 12.5 Å². The fourth-order valence-electron chi connectivity index (χ4n) is 2.55. The van der Waals surface area contributed by atoms with Gasteiger partial charge in [0.05, 0.1) is 12.3 Å². The zero-order chi connectivity index (χ0) is 17.1. The second-order valence-electron chi connectivity index (χ2n) is 5.35. The topological polar surface area (TPSA) is 32.8 Å². The number of nitrogens with zero attached hydrogens (tertiary/aromatic N) is 2. The largest absolute Gasteiger partial charge is 0.494 e. The summed E-state index contributed by atoms with van der Waals surface area (Å²) in [4.78, 5) is 16.1. The number of ether oxygens (including phenoxy) is 1. The standard InChI is InChI=1S/C19H18N2O2S/c1-3-23-16-11-9-15(10-12-16)21-18(22)17(20(2)19(21)24)13-14-7-5-4-6-8-14/h4-13H,3H2,1-2H3/b17-13+. The lowest BCUT2D eigenvalue weighted by molar-refractivity contribution is -0.114. The maximum atomic E-state index is 12.8. The first-order valence-corrected chi connectivity index (χ1v) is 8.14. The molecule has 24 heavy (non-hydrogen) atoms. The molecule has 1 aliphatic rings. The van der Waals surface area contributed by atoms with E-state index in [1.54, 1.807) is 9.80 Å². The van der Waals surface area contributed by atoms with Crippen LogP contribution in [0.5, 0.6) is 5.75 Å². The van der Waals surface area contributed by atoms with Gasteiger partial charge in [-0.25, -0.2) is 0 Å². The number of amides is 1. The molecule has 2 aromatic rings. The number of thiocarbonyl (C=S) groups is 1. The fourth-order valence-corrected chi connectivity index (χ4v) is 2.84. The zero-order valence-electron chi connectivity index (χ0n) is 13.6. The molecule has 1 aliphatic heterocycles. The third kappa shape index (κ3) is 3.03. The van der Waals surface area contributed by atoms with Gasteiger partial charge in [-0.1, -0.05) is 30.3 Å². The Morgan fingerprint density at radius 2 is 1.75 bits per heavy atom. The first-order valence-electron chi connectivity index (χ1n) is 7.73. The van der Waals surface area contributed by atoms with Gasteiger partial charge < -0.3 is 9.64 Å². The molecule has 5 heteroatoms. The molecule has 0 spiro atoms. The van der Waals surface area contributed by atoms with E-state index in [0.29, 0.717) is 17.4 Å². The molecule has 0 saturated carbocycles. The van der Waals surface area contributed by atoms with Crippen LogP contribution in [-0.4, -0.2) is 29.6 Å². The average molecular weight is 338 g/mol. The predicted octanol–water partition coefficient (Wildman–Crippen LogP) is 3.69. The van der Waals surface area contributed by atoms with Crippen LogP contribution in [0.25, 0.3) is 6.08 Å². The van der Waals surface area contributed by atoms with E-state index in [1.807, 2.05) is 74.6 Å². The Hall–Kier alpha value is -2.66. The number of likely N-dealkylation sites (N-methyl/N-ethyl adjacent to an activating group) is 1. The Morgan fingerprint density at radius 3 is 2.38 bits per heavy atom. The number of hydrogen-bond acceptors (Lipinski definition) is 3. The second kappa shape index (κ2) is 6.84. The minimum absolute atomic E-state index is 0.129. The van der Waals surface area contributed by atoms with E-state index in [0.717, 1.165) is 17.0 Å². The highest BCUT2D eigenvalue weighted by atomic mass is 32.1. The molecule has 1 heterocycles. The summed E-state index contributed by atoms with van der Waals surface area (Å²) in [5, 5.41) is 0.464. The molecule has 1 fully saturated rings. The summed E-state index contributed by atoms with van der Waals surface area (Å²) in [6, 6.07) is 17.1. The molecule has 1 saturated heterocycles. The fraction of sp³-hybridized carbons (Fsp3) is 0.158. The average Bonchev–Trinajstić information content (AvgIpc) is 2.81. The van der Waals surface area contributed by atoms with E-state index >= 15 is 0 Å². The number of benzene rings is 2. The summed E-state index contributed by atoms with van der Waals surface area (Å²) in [7, 11) is 1.81. The van der Waals surface area contributed by atoms with Crippen LogP contribution >= 0.6 is 12.2 Å². The van der Waals surface area contributed by atoms with Gasteiger partial charge in [-0.3, -0.25) is 9.69 Å². The molecule has 122 valence electrons. The van der Waals surface area contributed by atoms with Crippen LogP contribution in [0.15, 0.2) is 60.3 Å². The van der Waals surface area contributed by atoms with Gasteiger partial charge in [0.2, 0.25) is 0 Å². The van der Waals surface area contributed by atoms with Gasteiger partial charge >= 0.3 is 0 Å². The van der Waals surface area contributed by atoms with Crippen LogP contribution in [-0.2, 0) is 4.79 Å². The lowest BCUT2D eigenvalue weighted by Crippen LogP contribution is -2.31. The lowest BCUT2D eigenvalue weighted by atomic mass is 10.2. The SMILES string of the molecule is CCOc1ccc(N2C(=O)/C(=C\c3ccccc3)N(C)C2=S)cc1. The van der Waals surface area contributed by atoms with Crippen molar-refractivity contribution in [3.63, 3.8) is 0 Å². The summed E-state index contributed by atoms with van der Waals surface area (Å²) in [5.41, 5.74) is 2.25. The number of anilines is 1. The van der Waals surface area contributed by atoms with Crippen LogP contribution in [0.4, 0.5) is 5.69 Å². The smallest absolute Gasteiger partial charge is 0.281 e. The lowest BCUT2D eigenvalue weighted by Gasteiger charge is -2.16. The monoisotopic (exact) mass is 338 g/mol. The number of carbonyl (C=O) groups is 1. The third-order valence-electron chi connectivity index (χ3n) is 3.77. The van der Waals surface area contributed by atoms with Crippen molar-refractivity contribution in [3.8, 4) is 5.75 Å². The number of carbonyl (C=O) groups excluding carboxylic acids is 1. The summed E-state index contributed by atoms with van der Waals surface area (Å²) in [6.07, 6.45) is 1.85. The van der Waals surface area contributed by atoms with E-state index in [9.17, 15) is 4.79 Å². The normalized spacial score (nSPS) is 16.2. The van der Waals surface area contributed by atoms with Crippen molar-refractivity contribution < 1.29 is 9.53 Å². The number of hydrogen-bond donors (Lipinski definition) is 0. The first-order chi connectivity index (χ1) is 11.6. The molecule has 0 atom stereocenters. The summed E-state index contributed by atoms with van der Waals surface area (Å²) >= 11 is 5.46. The summed E-state index contributed by atoms with van der Waals surface area (Å²) in [6.45, 7) is 2.54. The minimum Gasteiger partial charge on any atom is -0.494 e. The van der Waals surface area contributed by atoms with Gasteiger partial charge in [0.25, 0.3) is 5.91 Å². The molecule has 4 nitrogen and oxygen atoms in total. The van der Waals surface area contributed by atoms with E-state index in [2.05, 4.69) is 0 Å². The highest BCUT2D eigenvalue weighted by Crippen LogP contribution is 2.29. The van der Waals surface area contributed by atoms with Crippen molar-refractivity contribution in [3.05, 3.63) is 65.9 Å². The van der Waals surface area contributed by atoms with Crippen LogP contribution in [0.2, 0.25) is 0 Å². The van der Waals surface area contributed by atoms with E-state index in [1.165, 1.54) is 0 Å². The quantitative estimate of drug-likeness (QED) is 0.629. The van der Waals surface area contributed by atoms with Crippen molar-refractivity contribution in [1.82, 2.24) is 4.90 Å². The molecule has 0 radical (unpaired) electrons. The Morgan fingerprint density at radius 1 is 1.08 bits per heavy atom. The highest BCUT2D eigenvalue weighted by molar-refractivity contribution is 7.80. The maximum Gasteiger partial charge on any atom is 0.281 e. The minimum atomic E-state index is -0.129. The van der Waals surface area contributed by atoms with E-state index in [4.69, 9.17) is 17.0 Å². The maximum absolute atomic E-state index is 12.8. The molecular weight excluding hydrogens is 320 g/mol. The molecule has 3 rings (SSSR count).